The van der Waals surface area contributed by atoms with Crippen LogP contribution in [0.15, 0.2) is 24.3 Å². The Morgan fingerprint density at radius 3 is 2.60 bits per heavy atom. The quantitative estimate of drug-likeness (QED) is 0.720. The van der Waals surface area contributed by atoms with Gasteiger partial charge in [0.05, 0.1) is 5.54 Å². The lowest BCUT2D eigenvalue weighted by atomic mass is 9.94. The number of rotatable bonds is 8. The van der Waals surface area contributed by atoms with Crippen molar-refractivity contribution < 1.29 is 4.79 Å². The molecule has 0 unspecified atom stereocenters. The Hall–Kier alpha value is -1.06. The molecule has 1 aromatic rings. The summed E-state index contributed by atoms with van der Waals surface area (Å²) in [5.74, 6) is 0.0859. The number of carbonyl (C=O) groups excluding carboxylic acids is 1. The third-order valence-corrected chi connectivity index (χ3v) is 3.59. The van der Waals surface area contributed by atoms with E-state index in [0.29, 0.717) is 11.4 Å². The maximum atomic E-state index is 12.0. The molecular weight excluding hydrogens is 272 g/mol. The van der Waals surface area contributed by atoms with Gasteiger partial charge in [-0.1, -0.05) is 36.6 Å². The van der Waals surface area contributed by atoms with Crippen molar-refractivity contribution in [3.8, 4) is 0 Å². The molecule has 3 nitrogen and oxygen atoms in total. The van der Waals surface area contributed by atoms with Gasteiger partial charge >= 0.3 is 0 Å². The number of hydrogen-bond acceptors (Lipinski definition) is 2. The van der Waals surface area contributed by atoms with Crippen molar-refractivity contribution in [1.29, 1.82) is 0 Å². The maximum absolute atomic E-state index is 12.0. The summed E-state index contributed by atoms with van der Waals surface area (Å²) in [5.41, 5.74) is 6.05. The second-order valence-corrected chi connectivity index (χ2v) is 6.07. The fourth-order valence-electron chi connectivity index (χ4n) is 2.14. The summed E-state index contributed by atoms with van der Waals surface area (Å²) in [7, 11) is 0. The van der Waals surface area contributed by atoms with Crippen LogP contribution in [0.1, 0.15) is 51.5 Å². The van der Waals surface area contributed by atoms with Crippen LogP contribution in [-0.4, -0.2) is 12.5 Å². The molecule has 4 heteroatoms. The first-order chi connectivity index (χ1) is 9.45. The van der Waals surface area contributed by atoms with Crippen LogP contribution < -0.4 is 11.1 Å². The van der Waals surface area contributed by atoms with Crippen LogP contribution in [0.4, 0.5) is 0 Å². The smallest absolute Gasteiger partial charge is 0.220 e. The Morgan fingerprint density at radius 2 is 1.95 bits per heavy atom. The minimum absolute atomic E-state index is 0.0859. The number of benzene rings is 1. The highest BCUT2D eigenvalue weighted by atomic mass is 35.5. The molecule has 0 aliphatic rings. The van der Waals surface area contributed by atoms with Gasteiger partial charge < -0.3 is 11.1 Å². The molecule has 1 aromatic carbocycles. The van der Waals surface area contributed by atoms with Crippen molar-refractivity contribution in [3.63, 3.8) is 0 Å². The zero-order chi connectivity index (χ0) is 15.0. The molecule has 0 atom stereocenters. The van der Waals surface area contributed by atoms with Crippen LogP contribution in [0.3, 0.4) is 0 Å². The first-order valence-electron chi connectivity index (χ1n) is 7.23. The van der Waals surface area contributed by atoms with Crippen LogP contribution in [-0.2, 0) is 10.3 Å². The minimum Gasteiger partial charge on any atom is -0.347 e. The van der Waals surface area contributed by atoms with E-state index in [9.17, 15) is 4.79 Å². The molecule has 0 saturated carbocycles. The Labute approximate surface area is 126 Å². The van der Waals surface area contributed by atoms with E-state index in [1.807, 2.05) is 38.1 Å². The van der Waals surface area contributed by atoms with Crippen molar-refractivity contribution >= 4 is 17.5 Å². The van der Waals surface area contributed by atoms with Gasteiger partial charge in [0.25, 0.3) is 0 Å². The van der Waals surface area contributed by atoms with E-state index in [-0.39, 0.29) is 5.91 Å². The summed E-state index contributed by atoms with van der Waals surface area (Å²) >= 11 is 6.00. The topological polar surface area (TPSA) is 55.1 Å². The number of nitrogens with two attached hydrogens (primary N) is 1. The van der Waals surface area contributed by atoms with Crippen molar-refractivity contribution in [2.24, 2.45) is 5.73 Å². The highest BCUT2D eigenvalue weighted by Gasteiger charge is 2.22. The number of nitrogens with one attached hydrogen (secondary N) is 1. The van der Waals surface area contributed by atoms with Gasteiger partial charge in [-0.3, -0.25) is 4.79 Å². The molecule has 0 spiro atoms. The van der Waals surface area contributed by atoms with Gasteiger partial charge in [0, 0.05) is 11.4 Å². The van der Waals surface area contributed by atoms with Crippen LogP contribution in [0, 0.1) is 0 Å². The van der Waals surface area contributed by atoms with E-state index in [1.165, 1.54) is 0 Å². The van der Waals surface area contributed by atoms with E-state index in [1.54, 1.807) is 0 Å². The van der Waals surface area contributed by atoms with Crippen molar-refractivity contribution in [2.45, 2.75) is 51.5 Å². The Kier molecular flexibility index (Phi) is 7.03. The van der Waals surface area contributed by atoms with Gasteiger partial charge in [0.15, 0.2) is 0 Å². The average Bonchev–Trinajstić information content (AvgIpc) is 2.38. The normalized spacial score (nSPS) is 11.4. The first kappa shape index (κ1) is 17.0. The van der Waals surface area contributed by atoms with Crippen molar-refractivity contribution in [3.05, 3.63) is 34.9 Å². The largest absolute Gasteiger partial charge is 0.347 e. The molecule has 0 bridgehead atoms. The Balaban J connectivity index is 2.43. The van der Waals surface area contributed by atoms with Gasteiger partial charge in [-0.15, -0.1) is 0 Å². The molecule has 1 rings (SSSR count). The Morgan fingerprint density at radius 1 is 1.25 bits per heavy atom. The van der Waals surface area contributed by atoms with Gasteiger partial charge in [0.2, 0.25) is 5.91 Å². The zero-order valence-corrected chi connectivity index (χ0v) is 13.2. The summed E-state index contributed by atoms with van der Waals surface area (Å²) < 4.78 is 0. The highest BCUT2D eigenvalue weighted by Crippen LogP contribution is 2.23. The third kappa shape index (κ3) is 5.93. The second kappa shape index (κ2) is 8.28. The molecule has 1 amide bonds. The molecule has 0 aliphatic heterocycles. The molecule has 0 aliphatic carbocycles. The average molecular weight is 297 g/mol. The fraction of sp³-hybridized carbons (Fsp3) is 0.562. The number of halogens is 1. The number of hydrogen-bond donors (Lipinski definition) is 2. The SMILES string of the molecule is CC(C)(NC(=O)CCCCCCN)c1cccc(Cl)c1. The lowest BCUT2D eigenvalue weighted by Crippen LogP contribution is -2.40. The molecule has 3 N–H and O–H groups in total. The lowest BCUT2D eigenvalue weighted by molar-refractivity contribution is -0.122. The fourth-order valence-corrected chi connectivity index (χ4v) is 2.33. The molecule has 0 aromatic heterocycles. The maximum Gasteiger partial charge on any atom is 0.220 e. The molecular formula is C16H25ClN2O. The highest BCUT2D eigenvalue weighted by molar-refractivity contribution is 6.30. The standard InChI is InChI=1S/C16H25ClN2O/c1-16(2,13-8-7-9-14(17)12-13)19-15(20)10-5-3-4-6-11-18/h7-9,12H,3-6,10-11,18H2,1-2H3,(H,19,20). The first-order valence-corrected chi connectivity index (χ1v) is 7.60. The molecule has 0 radical (unpaired) electrons. The van der Waals surface area contributed by atoms with Crippen LogP contribution in [0.2, 0.25) is 5.02 Å². The van der Waals surface area contributed by atoms with E-state index in [4.69, 9.17) is 17.3 Å². The molecule has 20 heavy (non-hydrogen) atoms. The van der Waals surface area contributed by atoms with Crippen LogP contribution in [0.5, 0.6) is 0 Å². The molecule has 0 fully saturated rings. The van der Waals surface area contributed by atoms with Gasteiger partial charge in [-0.25, -0.2) is 0 Å². The minimum atomic E-state index is -0.404. The van der Waals surface area contributed by atoms with E-state index >= 15 is 0 Å². The Bertz CT molecular complexity index is 432. The van der Waals surface area contributed by atoms with Gasteiger partial charge in [-0.2, -0.15) is 0 Å². The predicted molar refractivity (Wildman–Crippen MR) is 84.8 cm³/mol. The van der Waals surface area contributed by atoms with E-state index in [2.05, 4.69) is 5.32 Å². The number of unbranched alkanes of at least 4 members (excludes halogenated alkanes) is 3. The molecule has 0 saturated heterocycles. The van der Waals surface area contributed by atoms with Crippen molar-refractivity contribution in [1.82, 2.24) is 5.32 Å². The van der Waals surface area contributed by atoms with Gasteiger partial charge in [-0.05, 0) is 50.9 Å². The van der Waals surface area contributed by atoms with E-state index < -0.39 is 5.54 Å². The lowest BCUT2D eigenvalue weighted by Gasteiger charge is -2.27. The summed E-state index contributed by atoms with van der Waals surface area (Å²) in [6.45, 7) is 4.71. The van der Waals surface area contributed by atoms with Crippen molar-refractivity contribution in [2.75, 3.05) is 6.54 Å². The zero-order valence-electron chi connectivity index (χ0n) is 12.4. The van der Waals surface area contributed by atoms with Crippen LogP contribution in [0.25, 0.3) is 0 Å². The number of carbonyl (C=O) groups is 1. The van der Waals surface area contributed by atoms with Gasteiger partial charge in [0.1, 0.15) is 0 Å². The monoisotopic (exact) mass is 296 g/mol. The third-order valence-electron chi connectivity index (χ3n) is 3.36. The predicted octanol–water partition coefficient (Wildman–Crippen LogP) is 3.60. The number of amides is 1. The summed E-state index contributed by atoms with van der Waals surface area (Å²) in [6, 6.07) is 7.61. The van der Waals surface area contributed by atoms with E-state index in [0.717, 1.165) is 37.8 Å². The summed E-state index contributed by atoms with van der Waals surface area (Å²) in [6.07, 6.45) is 4.67. The molecule has 112 valence electrons. The summed E-state index contributed by atoms with van der Waals surface area (Å²) in [5, 5.41) is 3.76. The van der Waals surface area contributed by atoms with Crippen LogP contribution >= 0.6 is 11.6 Å². The summed E-state index contributed by atoms with van der Waals surface area (Å²) in [4.78, 5) is 12.0. The second-order valence-electron chi connectivity index (χ2n) is 5.64. The molecule has 0 heterocycles.